The minimum Gasteiger partial charge on any atom is -0.381 e. The summed E-state index contributed by atoms with van der Waals surface area (Å²) in [6, 6.07) is 0.392. The first-order chi connectivity index (χ1) is 7.75. The molecule has 1 atom stereocenters. The smallest absolute Gasteiger partial charge is 0.237 e. The van der Waals surface area contributed by atoms with Crippen LogP contribution >= 0.6 is 0 Å². The molecular formula is C12H22N2O2. The third-order valence-corrected chi connectivity index (χ3v) is 3.37. The van der Waals surface area contributed by atoms with Gasteiger partial charge < -0.3 is 15.4 Å². The van der Waals surface area contributed by atoms with Crippen molar-refractivity contribution < 1.29 is 9.53 Å². The van der Waals surface area contributed by atoms with Gasteiger partial charge in [0.1, 0.15) is 0 Å². The Labute approximate surface area is 97.1 Å². The van der Waals surface area contributed by atoms with Crippen LogP contribution in [0.5, 0.6) is 0 Å². The van der Waals surface area contributed by atoms with E-state index in [9.17, 15) is 4.79 Å². The van der Waals surface area contributed by atoms with E-state index in [2.05, 4.69) is 10.6 Å². The van der Waals surface area contributed by atoms with Crippen molar-refractivity contribution in [1.82, 2.24) is 10.6 Å². The molecule has 0 aromatic carbocycles. The van der Waals surface area contributed by atoms with Gasteiger partial charge in [-0.25, -0.2) is 0 Å². The van der Waals surface area contributed by atoms with Gasteiger partial charge in [-0.2, -0.15) is 0 Å². The zero-order valence-corrected chi connectivity index (χ0v) is 10.00. The van der Waals surface area contributed by atoms with Crippen LogP contribution in [0.1, 0.15) is 32.6 Å². The molecule has 1 saturated heterocycles. The monoisotopic (exact) mass is 226 g/mol. The molecule has 16 heavy (non-hydrogen) atoms. The molecule has 0 bridgehead atoms. The molecule has 2 rings (SSSR count). The highest BCUT2D eigenvalue weighted by Crippen LogP contribution is 2.18. The van der Waals surface area contributed by atoms with Crippen molar-refractivity contribution in [2.75, 3.05) is 19.8 Å². The molecule has 4 heteroatoms. The maximum absolute atomic E-state index is 11.7. The van der Waals surface area contributed by atoms with E-state index in [0.29, 0.717) is 12.0 Å². The second-order valence-corrected chi connectivity index (χ2v) is 4.97. The summed E-state index contributed by atoms with van der Waals surface area (Å²) in [5, 5.41) is 6.33. The predicted octanol–water partition coefficient (Wildman–Crippen LogP) is 0.670. The van der Waals surface area contributed by atoms with Gasteiger partial charge in [-0.1, -0.05) is 0 Å². The van der Waals surface area contributed by atoms with Crippen molar-refractivity contribution in [2.24, 2.45) is 5.92 Å². The Hall–Kier alpha value is -0.610. The molecule has 0 aromatic heterocycles. The Morgan fingerprint density at radius 3 is 2.62 bits per heavy atom. The van der Waals surface area contributed by atoms with Gasteiger partial charge in [0.15, 0.2) is 0 Å². The van der Waals surface area contributed by atoms with Gasteiger partial charge >= 0.3 is 0 Å². The predicted molar refractivity (Wildman–Crippen MR) is 62.2 cm³/mol. The normalized spacial score (nSPS) is 24.1. The Bertz CT molecular complexity index is 235. The molecule has 4 nitrogen and oxygen atoms in total. The van der Waals surface area contributed by atoms with Gasteiger partial charge in [-0.3, -0.25) is 4.79 Å². The van der Waals surface area contributed by atoms with Gasteiger partial charge in [-0.15, -0.1) is 0 Å². The van der Waals surface area contributed by atoms with Gasteiger partial charge in [0.25, 0.3) is 0 Å². The van der Waals surface area contributed by atoms with E-state index in [1.165, 1.54) is 0 Å². The number of amides is 1. The van der Waals surface area contributed by atoms with Crippen LogP contribution in [0.25, 0.3) is 0 Å². The topological polar surface area (TPSA) is 50.4 Å². The number of carbonyl (C=O) groups excluding carboxylic acids is 1. The maximum atomic E-state index is 11.7. The molecule has 2 N–H and O–H groups in total. The average molecular weight is 226 g/mol. The van der Waals surface area contributed by atoms with E-state index < -0.39 is 0 Å². The molecule has 2 fully saturated rings. The average Bonchev–Trinajstić information content (AvgIpc) is 3.11. The van der Waals surface area contributed by atoms with Crippen LogP contribution in [-0.4, -0.2) is 37.7 Å². The minimum atomic E-state index is -0.0663. The van der Waals surface area contributed by atoms with Crippen LogP contribution in [0.15, 0.2) is 0 Å². The lowest BCUT2D eigenvalue weighted by Gasteiger charge is -2.24. The number of hydrogen-bond donors (Lipinski definition) is 2. The van der Waals surface area contributed by atoms with Crippen molar-refractivity contribution in [3.63, 3.8) is 0 Å². The zero-order chi connectivity index (χ0) is 11.4. The molecule has 0 aromatic rings. The van der Waals surface area contributed by atoms with E-state index >= 15 is 0 Å². The molecule has 1 amide bonds. The molecule has 1 aliphatic carbocycles. The van der Waals surface area contributed by atoms with Crippen LogP contribution in [-0.2, 0) is 9.53 Å². The number of ether oxygens (including phenoxy) is 1. The fourth-order valence-electron chi connectivity index (χ4n) is 1.94. The summed E-state index contributed by atoms with van der Waals surface area (Å²) in [7, 11) is 0. The lowest BCUT2D eigenvalue weighted by molar-refractivity contribution is -0.122. The summed E-state index contributed by atoms with van der Waals surface area (Å²) in [4.78, 5) is 11.7. The molecule has 1 aliphatic heterocycles. The number of nitrogens with one attached hydrogen (secondary N) is 2. The Kier molecular flexibility index (Phi) is 4.18. The quantitative estimate of drug-likeness (QED) is 0.724. The first-order valence-corrected chi connectivity index (χ1v) is 6.37. The second-order valence-electron chi connectivity index (χ2n) is 4.97. The number of carbonyl (C=O) groups is 1. The molecule has 0 radical (unpaired) electrons. The van der Waals surface area contributed by atoms with Crippen LogP contribution in [0.4, 0.5) is 0 Å². The minimum absolute atomic E-state index is 0.0663. The highest BCUT2D eigenvalue weighted by molar-refractivity contribution is 5.81. The molecule has 1 saturated carbocycles. The Balaban J connectivity index is 1.61. The summed E-state index contributed by atoms with van der Waals surface area (Å²) >= 11 is 0. The van der Waals surface area contributed by atoms with Gasteiger partial charge in [-0.05, 0) is 45.1 Å². The second kappa shape index (κ2) is 5.64. The van der Waals surface area contributed by atoms with E-state index in [1.54, 1.807) is 0 Å². The summed E-state index contributed by atoms with van der Waals surface area (Å²) in [5.41, 5.74) is 0. The van der Waals surface area contributed by atoms with Crippen LogP contribution in [0, 0.1) is 5.92 Å². The fourth-order valence-corrected chi connectivity index (χ4v) is 1.94. The highest BCUT2D eigenvalue weighted by atomic mass is 16.5. The van der Waals surface area contributed by atoms with E-state index in [-0.39, 0.29) is 11.9 Å². The molecule has 1 heterocycles. The molecular weight excluding hydrogens is 204 g/mol. The standard InChI is InChI=1S/C12H22N2O2/c1-9(12(15)14-11-2-3-11)13-8-10-4-6-16-7-5-10/h9-11,13H,2-8H2,1H3,(H,14,15). The van der Waals surface area contributed by atoms with Crippen molar-refractivity contribution in [3.8, 4) is 0 Å². The third-order valence-electron chi connectivity index (χ3n) is 3.37. The zero-order valence-electron chi connectivity index (χ0n) is 10.00. The van der Waals surface area contributed by atoms with Gasteiger partial charge in [0.05, 0.1) is 6.04 Å². The van der Waals surface area contributed by atoms with Crippen molar-refractivity contribution in [3.05, 3.63) is 0 Å². The summed E-state index contributed by atoms with van der Waals surface area (Å²) in [6.07, 6.45) is 4.53. The van der Waals surface area contributed by atoms with Gasteiger partial charge in [0.2, 0.25) is 5.91 Å². The summed E-state index contributed by atoms with van der Waals surface area (Å²) in [6.45, 7) is 4.61. The molecule has 92 valence electrons. The van der Waals surface area contributed by atoms with E-state index in [4.69, 9.17) is 4.74 Å². The van der Waals surface area contributed by atoms with Crippen LogP contribution < -0.4 is 10.6 Å². The summed E-state index contributed by atoms with van der Waals surface area (Å²) in [5.74, 6) is 0.819. The van der Waals surface area contributed by atoms with Crippen molar-refractivity contribution in [2.45, 2.75) is 44.7 Å². The highest BCUT2D eigenvalue weighted by Gasteiger charge is 2.25. The summed E-state index contributed by atoms with van der Waals surface area (Å²) < 4.78 is 5.31. The van der Waals surface area contributed by atoms with E-state index in [0.717, 1.165) is 45.4 Å². The fraction of sp³-hybridized carbons (Fsp3) is 0.917. The van der Waals surface area contributed by atoms with Crippen LogP contribution in [0.2, 0.25) is 0 Å². The lowest BCUT2D eigenvalue weighted by Crippen LogP contribution is -2.45. The van der Waals surface area contributed by atoms with Crippen LogP contribution in [0.3, 0.4) is 0 Å². The van der Waals surface area contributed by atoms with Crippen molar-refractivity contribution >= 4 is 5.91 Å². The molecule has 0 spiro atoms. The Morgan fingerprint density at radius 2 is 2.00 bits per heavy atom. The number of hydrogen-bond acceptors (Lipinski definition) is 3. The lowest BCUT2D eigenvalue weighted by atomic mass is 10.0. The molecule has 1 unspecified atom stereocenters. The van der Waals surface area contributed by atoms with E-state index in [1.807, 2.05) is 6.92 Å². The maximum Gasteiger partial charge on any atom is 0.237 e. The number of rotatable bonds is 5. The first-order valence-electron chi connectivity index (χ1n) is 6.37. The van der Waals surface area contributed by atoms with Gasteiger partial charge in [0, 0.05) is 19.3 Å². The molecule has 2 aliphatic rings. The third kappa shape index (κ3) is 3.76. The largest absolute Gasteiger partial charge is 0.381 e. The van der Waals surface area contributed by atoms with Crippen molar-refractivity contribution in [1.29, 1.82) is 0 Å². The SMILES string of the molecule is CC(NCC1CCOCC1)C(=O)NC1CC1. The first kappa shape index (κ1) is 11.9. The Morgan fingerprint density at radius 1 is 1.31 bits per heavy atom.